The first-order valence-corrected chi connectivity index (χ1v) is 7.04. The molecule has 3 rings (SSSR count). The summed E-state index contributed by atoms with van der Waals surface area (Å²) >= 11 is 0. The second-order valence-corrected chi connectivity index (χ2v) is 5.14. The molecule has 0 radical (unpaired) electrons. The van der Waals surface area contributed by atoms with Gasteiger partial charge in [-0.2, -0.15) is 4.98 Å². The van der Waals surface area contributed by atoms with E-state index in [0.717, 1.165) is 37.1 Å². The zero-order valence-corrected chi connectivity index (χ0v) is 11.3. The summed E-state index contributed by atoms with van der Waals surface area (Å²) in [5.41, 5.74) is 1.27. The van der Waals surface area contributed by atoms with E-state index in [2.05, 4.69) is 45.3 Å². The summed E-state index contributed by atoms with van der Waals surface area (Å²) in [6.07, 6.45) is 6.58. The van der Waals surface area contributed by atoms with E-state index in [1.807, 2.05) is 0 Å². The number of hydrogen-bond acceptors (Lipinski definition) is 4. The van der Waals surface area contributed by atoms with Gasteiger partial charge in [0.2, 0.25) is 5.89 Å². The van der Waals surface area contributed by atoms with Gasteiger partial charge in [-0.25, -0.2) is 0 Å². The highest BCUT2D eigenvalue weighted by atomic mass is 16.5. The van der Waals surface area contributed by atoms with Crippen molar-refractivity contribution in [3.8, 4) is 0 Å². The molecule has 0 atom stereocenters. The lowest BCUT2D eigenvalue weighted by atomic mass is 10.3. The molecule has 0 aliphatic heterocycles. The van der Waals surface area contributed by atoms with Gasteiger partial charge in [0.05, 0.1) is 6.54 Å². The maximum Gasteiger partial charge on any atom is 0.226 e. The van der Waals surface area contributed by atoms with E-state index >= 15 is 0 Å². The molecule has 0 spiro atoms. The SMILES string of the molecule is CCCc1nc(Cn2cccc2CNC2CC2)no1. The maximum atomic E-state index is 5.21. The molecule has 0 aromatic carbocycles. The molecule has 0 amide bonds. The second kappa shape index (κ2) is 5.57. The van der Waals surface area contributed by atoms with Crippen LogP contribution in [-0.4, -0.2) is 20.7 Å². The van der Waals surface area contributed by atoms with Gasteiger partial charge >= 0.3 is 0 Å². The van der Waals surface area contributed by atoms with Crippen molar-refractivity contribution in [1.82, 2.24) is 20.0 Å². The smallest absolute Gasteiger partial charge is 0.226 e. The van der Waals surface area contributed by atoms with Crippen molar-refractivity contribution in [2.75, 3.05) is 0 Å². The number of aryl methyl sites for hydroxylation is 1. The highest BCUT2D eigenvalue weighted by Crippen LogP contribution is 2.19. The molecule has 19 heavy (non-hydrogen) atoms. The van der Waals surface area contributed by atoms with Gasteiger partial charge < -0.3 is 14.4 Å². The fraction of sp³-hybridized carbons (Fsp3) is 0.571. The summed E-state index contributed by atoms with van der Waals surface area (Å²) in [6.45, 7) is 3.71. The fourth-order valence-corrected chi connectivity index (χ4v) is 2.12. The molecule has 0 saturated heterocycles. The summed E-state index contributed by atoms with van der Waals surface area (Å²) in [7, 11) is 0. The van der Waals surface area contributed by atoms with Crippen LogP contribution in [0, 0.1) is 0 Å². The zero-order valence-electron chi connectivity index (χ0n) is 11.3. The number of aromatic nitrogens is 3. The van der Waals surface area contributed by atoms with E-state index in [0.29, 0.717) is 6.54 Å². The van der Waals surface area contributed by atoms with Gasteiger partial charge in [0.25, 0.3) is 0 Å². The third-order valence-electron chi connectivity index (χ3n) is 3.36. The number of hydrogen-bond donors (Lipinski definition) is 1. The quantitative estimate of drug-likeness (QED) is 0.828. The average molecular weight is 260 g/mol. The highest BCUT2D eigenvalue weighted by molar-refractivity contribution is 5.09. The summed E-state index contributed by atoms with van der Waals surface area (Å²) < 4.78 is 7.39. The van der Waals surface area contributed by atoms with Crippen LogP contribution in [-0.2, 0) is 19.5 Å². The molecule has 2 aromatic heterocycles. The van der Waals surface area contributed by atoms with Crippen LogP contribution in [0.25, 0.3) is 0 Å². The Morgan fingerprint density at radius 3 is 3.16 bits per heavy atom. The molecule has 1 N–H and O–H groups in total. The summed E-state index contributed by atoms with van der Waals surface area (Å²) in [4.78, 5) is 4.40. The van der Waals surface area contributed by atoms with Crippen molar-refractivity contribution in [2.45, 2.75) is 51.7 Å². The Labute approximate surface area is 113 Å². The Kier molecular flexibility index (Phi) is 3.64. The zero-order chi connectivity index (χ0) is 13.1. The van der Waals surface area contributed by atoms with E-state index < -0.39 is 0 Å². The third kappa shape index (κ3) is 3.23. The van der Waals surface area contributed by atoms with Gasteiger partial charge in [0.1, 0.15) is 0 Å². The van der Waals surface area contributed by atoms with Gasteiger partial charge in [-0.15, -0.1) is 0 Å². The number of rotatable bonds is 7. The second-order valence-electron chi connectivity index (χ2n) is 5.14. The molecule has 5 heteroatoms. The van der Waals surface area contributed by atoms with Crippen molar-refractivity contribution in [3.63, 3.8) is 0 Å². The molecular weight excluding hydrogens is 240 g/mol. The van der Waals surface area contributed by atoms with Crippen LogP contribution < -0.4 is 5.32 Å². The van der Waals surface area contributed by atoms with Gasteiger partial charge in [-0.05, 0) is 31.4 Å². The molecule has 102 valence electrons. The summed E-state index contributed by atoms with van der Waals surface area (Å²) in [5, 5.41) is 7.56. The van der Waals surface area contributed by atoms with Crippen molar-refractivity contribution in [1.29, 1.82) is 0 Å². The van der Waals surface area contributed by atoms with Crippen molar-refractivity contribution >= 4 is 0 Å². The van der Waals surface area contributed by atoms with Gasteiger partial charge in [-0.1, -0.05) is 12.1 Å². The Morgan fingerprint density at radius 2 is 2.37 bits per heavy atom. The lowest BCUT2D eigenvalue weighted by Crippen LogP contribution is -2.18. The first kappa shape index (κ1) is 12.4. The highest BCUT2D eigenvalue weighted by Gasteiger charge is 2.20. The van der Waals surface area contributed by atoms with E-state index in [4.69, 9.17) is 4.52 Å². The molecule has 5 nitrogen and oxygen atoms in total. The molecule has 2 heterocycles. The number of nitrogens with one attached hydrogen (secondary N) is 1. The molecule has 0 bridgehead atoms. The molecular formula is C14H20N4O. The minimum absolute atomic E-state index is 0.682. The summed E-state index contributed by atoms with van der Waals surface area (Å²) in [6, 6.07) is 4.93. The van der Waals surface area contributed by atoms with E-state index in [1.54, 1.807) is 0 Å². The van der Waals surface area contributed by atoms with Crippen molar-refractivity contribution in [3.05, 3.63) is 35.7 Å². The predicted molar refractivity (Wildman–Crippen MR) is 71.7 cm³/mol. The van der Waals surface area contributed by atoms with Gasteiger partial charge in [0.15, 0.2) is 5.82 Å². The van der Waals surface area contributed by atoms with Crippen LogP contribution >= 0.6 is 0 Å². The molecule has 2 aromatic rings. The maximum absolute atomic E-state index is 5.21. The predicted octanol–water partition coefficient (Wildman–Crippen LogP) is 2.12. The molecule has 1 aliphatic rings. The molecule has 0 unspecified atom stereocenters. The Bertz CT molecular complexity index is 527. The average Bonchev–Trinajstić information content (AvgIpc) is 2.97. The normalized spacial score (nSPS) is 15.0. The van der Waals surface area contributed by atoms with E-state index in [9.17, 15) is 0 Å². The lowest BCUT2D eigenvalue weighted by molar-refractivity contribution is 0.371. The summed E-state index contributed by atoms with van der Waals surface area (Å²) in [5.74, 6) is 1.50. The molecule has 1 aliphatic carbocycles. The molecule has 1 fully saturated rings. The van der Waals surface area contributed by atoms with Crippen molar-refractivity contribution in [2.24, 2.45) is 0 Å². The van der Waals surface area contributed by atoms with E-state index in [1.165, 1.54) is 18.5 Å². The Morgan fingerprint density at radius 1 is 1.47 bits per heavy atom. The van der Waals surface area contributed by atoms with Gasteiger partial charge in [0, 0.05) is 30.9 Å². The first-order valence-electron chi connectivity index (χ1n) is 7.04. The Balaban J connectivity index is 1.62. The van der Waals surface area contributed by atoms with Crippen LogP contribution in [0.15, 0.2) is 22.9 Å². The minimum Gasteiger partial charge on any atom is -0.342 e. The number of nitrogens with zero attached hydrogens (tertiary/aromatic N) is 3. The third-order valence-corrected chi connectivity index (χ3v) is 3.36. The standard InChI is InChI=1S/C14H20N4O/c1-2-4-14-16-13(17-19-14)10-18-8-3-5-12(18)9-15-11-6-7-11/h3,5,8,11,15H,2,4,6-7,9-10H2,1H3. The minimum atomic E-state index is 0.682. The fourth-order valence-electron chi connectivity index (χ4n) is 2.12. The van der Waals surface area contributed by atoms with Crippen LogP contribution in [0.3, 0.4) is 0 Å². The lowest BCUT2D eigenvalue weighted by Gasteiger charge is -2.07. The van der Waals surface area contributed by atoms with Crippen LogP contribution in [0.2, 0.25) is 0 Å². The molecule has 1 saturated carbocycles. The first-order chi connectivity index (χ1) is 9.35. The van der Waals surface area contributed by atoms with Crippen molar-refractivity contribution < 1.29 is 4.52 Å². The van der Waals surface area contributed by atoms with Gasteiger partial charge in [-0.3, -0.25) is 0 Å². The van der Waals surface area contributed by atoms with Crippen LogP contribution in [0.4, 0.5) is 0 Å². The van der Waals surface area contributed by atoms with E-state index in [-0.39, 0.29) is 0 Å². The largest absolute Gasteiger partial charge is 0.342 e. The Hall–Kier alpha value is -1.62. The monoisotopic (exact) mass is 260 g/mol. The van der Waals surface area contributed by atoms with Crippen LogP contribution in [0.1, 0.15) is 43.6 Å². The van der Waals surface area contributed by atoms with Crippen LogP contribution in [0.5, 0.6) is 0 Å². The topological polar surface area (TPSA) is 55.9 Å².